The first-order valence-electron chi connectivity index (χ1n) is 8.67. The van der Waals surface area contributed by atoms with Crippen molar-refractivity contribution < 1.29 is 4.79 Å². The molecule has 4 rings (SSSR count). The zero-order valence-electron chi connectivity index (χ0n) is 14.8. The summed E-state index contributed by atoms with van der Waals surface area (Å²) >= 11 is 0. The predicted octanol–water partition coefficient (Wildman–Crippen LogP) is 2.31. The van der Waals surface area contributed by atoms with Crippen LogP contribution in [0.1, 0.15) is 39.6 Å². The minimum absolute atomic E-state index is 0. The number of aryl methyl sites for hydroxylation is 1. The number of hydrogen-bond acceptors (Lipinski definition) is 4. The minimum atomic E-state index is 0. The van der Waals surface area contributed by atoms with Crippen molar-refractivity contribution in [3.8, 4) is 0 Å². The Morgan fingerprint density at radius 3 is 2.96 bits per heavy atom. The molecule has 142 valence electrons. The Hall–Kier alpha value is -1.63. The highest BCUT2D eigenvalue weighted by molar-refractivity contribution is 5.94. The maximum absolute atomic E-state index is 12.8. The molecule has 1 unspecified atom stereocenters. The molecule has 2 aliphatic heterocycles. The van der Waals surface area contributed by atoms with E-state index in [-0.39, 0.29) is 30.7 Å². The molecule has 1 atom stereocenters. The average molecular weight is 398 g/mol. The molecule has 1 amide bonds. The van der Waals surface area contributed by atoms with Gasteiger partial charge in [-0.25, -0.2) is 4.98 Å². The van der Waals surface area contributed by atoms with Gasteiger partial charge in [-0.05, 0) is 50.4 Å². The van der Waals surface area contributed by atoms with Gasteiger partial charge in [-0.3, -0.25) is 9.78 Å². The zero-order chi connectivity index (χ0) is 16.5. The fourth-order valence-corrected chi connectivity index (χ4v) is 3.73. The first kappa shape index (κ1) is 20.7. The Morgan fingerprint density at radius 1 is 1.35 bits per heavy atom. The van der Waals surface area contributed by atoms with Gasteiger partial charge in [0.1, 0.15) is 5.82 Å². The van der Waals surface area contributed by atoms with Crippen LogP contribution in [0.25, 0.3) is 0 Å². The van der Waals surface area contributed by atoms with Gasteiger partial charge in [-0.2, -0.15) is 0 Å². The van der Waals surface area contributed by atoms with Crippen LogP contribution in [-0.2, 0) is 19.4 Å². The number of aromatic nitrogens is 3. The fraction of sp³-hybridized carbons (Fsp3) is 0.500. The molecule has 2 aromatic rings. The van der Waals surface area contributed by atoms with Crippen molar-refractivity contribution in [1.82, 2.24) is 25.2 Å². The molecule has 1 saturated heterocycles. The molecule has 2 aromatic heterocycles. The summed E-state index contributed by atoms with van der Waals surface area (Å²) in [6.45, 7) is 5.43. The van der Waals surface area contributed by atoms with Crippen LogP contribution < -0.4 is 5.32 Å². The normalized spacial score (nSPS) is 18.7. The van der Waals surface area contributed by atoms with E-state index in [0.717, 1.165) is 48.7 Å². The number of hydrogen-bond donors (Lipinski definition) is 2. The maximum Gasteiger partial charge on any atom is 0.255 e. The number of H-pyrrole nitrogens is 1. The summed E-state index contributed by atoms with van der Waals surface area (Å²) < 4.78 is 0. The van der Waals surface area contributed by atoms with Crippen LogP contribution in [0, 0.1) is 12.8 Å². The molecule has 6 nitrogen and oxygen atoms in total. The summed E-state index contributed by atoms with van der Waals surface area (Å²) in [5.74, 6) is 1.64. The lowest BCUT2D eigenvalue weighted by Crippen LogP contribution is -2.36. The first-order valence-corrected chi connectivity index (χ1v) is 8.67. The summed E-state index contributed by atoms with van der Waals surface area (Å²) in [7, 11) is 0. The molecular formula is C18H25Cl2N5O. The number of halogens is 2. The van der Waals surface area contributed by atoms with Crippen molar-refractivity contribution in [2.45, 2.75) is 32.7 Å². The van der Waals surface area contributed by atoms with Crippen LogP contribution in [0.2, 0.25) is 0 Å². The molecule has 2 aliphatic rings. The smallest absolute Gasteiger partial charge is 0.255 e. The highest BCUT2D eigenvalue weighted by atomic mass is 35.5. The van der Waals surface area contributed by atoms with E-state index in [1.807, 2.05) is 24.1 Å². The average Bonchev–Trinajstić information content (AvgIpc) is 3.22. The molecule has 0 bridgehead atoms. The Morgan fingerprint density at radius 2 is 2.19 bits per heavy atom. The van der Waals surface area contributed by atoms with Crippen LogP contribution in [-0.4, -0.2) is 45.4 Å². The van der Waals surface area contributed by atoms with E-state index in [2.05, 4.69) is 20.3 Å². The highest BCUT2D eigenvalue weighted by Gasteiger charge is 2.24. The van der Waals surface area contributed by atoms with Gasteiger partial charge in [0.15, 0.2) is 0 Å². The number of nitrogens with one attached hydrogen (secondary N) is 2. The lowest BCUT2D eigenvalue weighted by Gasteiger charge is -2.26. The summed E-state index contributed by atoms with van der Waals surface area (Å²) in [4.78, 5) is 26.8. The van der Waals surface area contributed by atoms with Gasteiger partial charge < -0.3 is 15.2 Å². The quantitative estimate of drug-likeness (QED) is 0.832. The second kappa shape index (κ2) is 8.84. The zero-order valence-corrected chi connectivity index (χ0v) is 16.5. The van der Waals surface area contributed by atoms with Gasteiger partial charge in [0.05, 0.1) is 23.5 Å². The fourth-order valence-electron chi connectivity index (χ4n) is 3.73. The van der Waals surface area contributed by atoms with E-state index >= 15 is 0 Å². The van der Waals surface area contributed by atoms with E-state index in [9.17, 15) is 4.79 Å². The van der Waals surface area contributed by atoms with E-state index in [0.29, 0.717) is 24.6 Å². The second-order valence-corrected chi connectivity index (χ2v) is 6.87. The Balaban J connectivity index is 0.00000121. The molecule has 4 heterocycles. The molecule has 26 heavy (non-hydrogen) atoms. The molecule has 0 aromatic carbocycles. The molecule has 0 radical (unpaired) electrons. The third kappa shape index (κ3) is 4.37. The summed E-state index contributed by atoms with van der Waals surface area (Å²) in [6, 6.07) is 2.02. The molecule has 1 fully saturated rings. The Kier molecular flexibility index (Phi) is 7.03. The maximum atomic E-state index is 12.8. The Bertz CT molecular complexity index is 758. The molecule has 8 heteroatoms. The number of amides is 1. The van der Waals surface area contributed by atoms with Crippen LogP contribution in [0.4, 0.5) is 0 Å². The third-order valence-electron chi connectivity index (χ3n) is 4.97. The highest BCUT2D eigenvalue weighted by Crippen LogP contribution is 2.20. The van der Waals surface area contributed by atoms with E-state index < -0.39 is 0 Å². The molecule has 2 N–H and O–H groups in total. The van der Waals surface area contributed by atoms with Crippen LogP contribution >= 0.6 is 24.8 Å². The largest absolute Gasteiger partial charge is 0.344 e. The topological polar surface area (TPSA) is 73.9 Å². The number of carbonyl (C=O) groups is 1. The molecule has 0 aliphatic carbocycles. The second-order valence-electron chi connectivity index (χ2n) is 6.87. The number of imidazole rings is 1. The van der Waals surface area contributed by atoms with Gasteiger partial charge in [-0.1, -0.05) is 0 Å². The van der Waals surface area contributed by atoms with E-state index in [1.165, 1.54) is 6.42 Å². The first-order chi connectivity index (χ1) is 11.7. The predicted molar refractivity (Wildman–Crippen MR) is 105 cm³/mol. The number of pyridine rings is 1. The monoisotopic (exact) mass is 397 g/mol. The SMILES string of the molecule is Cc1nc2c([nH]1)CN(C(=O)c1cncc(CC3CCNC3)c1)CC2.Cl.Cl. The third-order valence-corrected chi connectivity index (χ3v) is 4.97. The van der Waals surface area contributed by atoms with Gasteiger partial charge in [-0.15, -0.1) is 24.8 Å². The van der Waals surface area contributed by atoms with E-state index in [4.69, 9.17) is 0 Å². The lowest BCUT2D eigenvalue weighted by molar-refractivity contribution is 0.0731. The molecule has 0 spiro atoms. The number of carbonyl (C=O) groups excluding carboxylic acids is 1. The van der Waals surface area contributed by atoms with Gasteiger partial charge >= 0.3 is 0 Å². The van der Waals surface area contributed by atoms with Crippen molar-refractivity contribution in [3.63, 3.8) is 0 Å². The molecule has 0 saturated carbocycles. The van der Waals surface area contributed by atoms with Crippen molar-refractivity contribution >= 4 is 30.7 Å². The van der Waals surface area contributed by atoms with Crippen molar-refractivity contribution in [1.29, 1.82) is 0 Å². The molecular weight excluding hydrogens is 373 g/mol. The summed E-state index contributed by atoms with van der Waals surface area (Å²) in [5, 5.41) is 3.39. The van der Waals surface area contributed by atoms with Crippen LogP contribution in [0.5, 0.6) is 0 Å². The summed E-state index contributed by atoms with van der Waals surface area (Å²) in [5.41, 5.74) is 4.01. The Labute approximate surface area is 166 Å². The van der Waals surface area contributed by atoms with Gasteiger partial charge in [0.2, 0.25) is 0 Å². The number of nitrogens with zero attached hydrogens (tertiary/aromatic N) is 3. The standard InChI is InChI=1S/C18H23N5O.2ClH/c1-12-21-16-3-5-23(11-17(16)22-12)18(24)15-7-14(9-20-10-15)6-13-2-4-19-8-13;;/h7,9-10,13,19H,2-6,8,11H2,1H3,(H,21,22);2*1H. The lowest BCUT2D eigenvalue weighted by atomic mass is 9.99. The van der Waals surface area contributed by atoms with Crippen LogP contribution in [0.15, 0.2) is 18.5 Å². The number of fused-ring (bicyclic) bond motifs is 1. The van der Waals surface area contributed by atoms with Crippen molar-refractivity contribution in [2.75, 3.05) is 19.6 Å². The minimum Gasteiger partial charge on any atom is -0.344 e. The van der Waals surface area contributed by atoms with Crippen LogP contribution in [0.3, 0.4) is 0 Å². The van der Waals surface area contributed by atoms with Crippen molar-refractivity contribution in [2.24, 2.45) is 5.92 Å². The number of rotatable bonds is 3. The van der Waals surface area contributed by atoms with Gasteiger partial charge in [0.25, 0.3) is 5.91 Å². The van der Waals surface area contributed by atoms with Crippen molar-refractivity contribution in [3.05, 3.63) is 46.8 Å². The van der Waals surface area contributed by atoms with E-state index in [1.54, 1.807) is 6.20 Å². The van der Waals surface area contributed by atoms with Gasteiger partial charge in [0, 0.05) is 25.4 Å². The summed E-state index contributed by atoms with van der Waals surface area (Å²) in [6.07, 6.45) is 6.58. The number of aromatic amines is 1.